The summed E-state index contributed by atoms with van der Waals surface area (Å²) in [5.41, 5.74) is 0. The number of carbonyl (C=O) groups is 2. The summed E-state index contributed by atoms with van der Waals surface area (Å²) in [5, 5.41) is 11.8. The molecule has 0 aliphatic carbocycles. The minimum atomic E-state index is -0.908. The number of amides is 1. The second-order valence-corrected chi connectivity index (χ2v) is 4.99. The molecular formula is C13H27N3O3. The largest absolute Gasteiger partial charge is 0.480 e. The summed E-state index contributed by atoms with van der Waals surface area (Å²) >= 11 is 0. The molecule has 0 fully saturated rings. The lowest BCUT2D eigenvalue weighted by molar-refractivity contribution is -0.138. The Labute approximate surface area is 115 Å². The van der Waals surface area contributed by atoms with Gasteiger partial charge in [0.1, 0.15) is 0 Å². The fourth-order valence-electron chi connectivity index (χ4n) is 1.72. The predicted octanol–water partition coefficient (Wildman–Crippen LogP) is 0.239. The van der Waals surface area contributed by atoms with E-state index in [1.54, 1.807) is 4.90 Å². The van der Waals surface area contributed by atoms with Gasteiger partial charge in [-0.2, -0.15) is 0 Å². The Bertz CT molecular complexity index is 278. The van der Waals surface area contributed by atoms with Gasteiger partial charge in [0, 0.05) is 19.1 Å². The van der Waals surface area contributed by atoms with E-state index < -0.39 is 5.97 Å². The molecule has 19 heavy (non-hydrogen) atoms. The van der Waals surface area contributed by atoms with E-state index in [0.29, 0.717) is 6.54 Å². The van der Waals surface area contributed by atoms with Crippen LogP contribution in [0.1, 0.15) is 26.7 Å². The number of rotatable bonds is 10. The number of likely N-dealkylation sites (N-methyl/N-ethyl adjacent to an activating group) is 1. The van der Waals surface area contributed by atoms with E-state index in [1.807, 2.05) is 32.8 Å². The molecule has 112 valence electrons. The van der Waals surface area contributed by atoms with Crippen LogP contribution in [0.5, 0.6) is 0 Å². The Balaban J connectivity index is 4.28. The van der Waals surface area contributed by atoms with E-state index in [0.717, 1.165) is 19.4 Å². The average molecular weight is 273 g/mol. The first-order chi connectivity index (χ1) is 8.88. The fourth-order valence-corrected chi connectivity index (χ4v) is 1.72. The van der Waals surface area contributed by atoms with Crippen molar-refractivity contribution in [1.29, 1.82) is 0 Å². The zero-order valence-corrected chi connectivity index (χ0v) is 12.5. The molecule has 1 amide bonds. The van der Waals surface area contributed by atoms with Gasteiger partial charge in [-0.1, -0.05) is 13.8 Å². The molecule has 0 bridgehead atoms. The summed E-state index contributed by atoms with van der Waals surface area (Å²) in [5.74, 6) is -1.01. The second kappa shape index (κ2) is 9.75. The molecular weight excluding hydrogens is 246 g/mol. The van der Waals surface area contributed by atoms with Gasteiger partial charge in [-0.3, -0.25) is 14.5 Å². The molecule has 6 heteroatoms. The monoisotopic (exact) mass is 273 g/mol. The molecule has 0 aromatic rings. The van der Waals surface area contributed by atoms with E-state index in [2.05, 4.69) is 5.32 Å². The maximum absolute atomic E-state index is 11.8. The van der Waals surface area contributed by atoms with Crippen LogP contribution in [0.2, 0.25) is 0 Å². The van der Waals surface area contributed by atoms with Gasteiger partial charge in [0.2, 0.25) is 5.91 Å². The molecule has 0 heterocycles. The minimum absolute atomic E-state index is 0.103. The number of hydrogen-bond acceptors (Lipinski definition) is 4. The SMILES string of the molecule is CCC(CC)NC(=O)CN(CCN(C)C)CC(=O)O. The second-order valence-electron chi connectivity index (χ2n) is 4.99. The zero-order valence-electron chi connectivity index (χ0n) is 12.5. The number of hydrogen-bond donors (Lipinski definition) is 2. The van der Waals surface area contributed by atoms with Gasteiger partial charge in [0.15, 0.2) is 0 Å². The molecule has 0 radical (unpaired) electrons. The van der Waals surface area contributed by atoms with Crippen molar-refractivity contribution in [3.8, 4) is 0 Å². The quantitative estimate of drug-likeness (QED) is 0.596. The zero-order chi connectivity index (χ0) is 14.8. The van der Waals surface area contributed by atoms with Crippen molar-refractivity contribution < 1.29 is 14.7 Å². The van der Waals surface area contributed by atoms with E-state index >= 15 is 0 Å². The third kappa shape index (κ3) is 9.44. The van der Waals surface area contributed by atoms with E-state index in [9.17, 15) is 9.59 Å². The molecule has 0 aromatic carbocycles. The number of nitrogens with zero attached hydrogens (tertiary/aromatic N) is 2. The lowest BCUT2D eigenvalue weighted by Crippen LogP contribution is -2.45. The highest BCUT2D eigenvalue weighted by Crippen LogP contribution is 1.97. The van der Waals surface area contributed by atoms with Crippen molar-refractivity contribution >= 4 is 11.9 Å². The Kier molecular flexibility index (Phi) is 9.16. The standard InChI is InChI=1S/C13H27N3O3/c1-5-11(6-2)14-12(17)9-16(10-13(18)19)8-7-15(3)4/h11H,5-10H2,1-4H3,(H,14,17)(H,18,19). The summed E-state index contributed by atoms with van der Waals surface area (Å²) in [6.45, 7) is 5.37. The van der Waals surface area contributed by atoms with Gasteiger partial charge in [0.25, 0.3) is 0 Å². The van der Waals surface area contributed by atoms with E-state index in [1.165, 1.54) is 0 Å². The van der Waals surface area contributed by atoms with Crippen molar-refractivity contribution in [2.45, 2.75) is 32.7 Å². The van der Waals surface area contributed by atoms with Crippen LogP contribution in [0.3, 0.4) is 0 Å². The highest BCUT2D eigenvalue weighted by atomic mass is 16.4. The van der Waals surface area contributed by atoms with Gasteiger partial charge in [-0.05, 0) is 26.9 Å². The molecule has 2 N–H and O–H groups in total. The first-order valence-corrected chi connectivity index (χ1v) is 6.77. The summed E-state index contributed by atoms with van der Waals surface area (Å²) in [6, 6.07) is 0.174. The number of nitrogens with one attached hydrogen (secondary N) is 1. The minimum Gasteiger partial charge on any atom is -0.480 e. The topological polar surface area (TPSA) is 72.9 Å². The first kappa shape index (κ1) is 17.9. The Morgan fingerprint density at radius 3 is 2.11 bits per heavy atom. The lowest BCUT2D eigenvalue weighted by Gasteiger charge is -2.23. The lowest BCUT2D eigenvalue weighted by atomic mass is 10.2. The molecule has 0 saturated heterocycles. The molecule has 0 aliphatic heterocycles. The molecule has 0 spiro atoms. The van der Waals surface area contributed by atoms with Gasteiger partial charge in [0.05, 0.1) is 13.1 Å². The smallest absolute Gasteiger partial charge is 0.317 e. The number of carbonyl (C=O) groups excluding carboxylic acids is 1. The van der Waals surface area contributed by atoms with Gasteiger partial charge in [-0.15, -0.1) is 0 Å². The van der Waals surface area contributed by atoms with Gasteiger partial charge < -0.3 is 15.3 Å². The summed E-state index contributed by atoms with van der Waals surface area (Å²) < 4.78 is 0. The maximum atomic E-state index is 11.8. The van der Waals surface area contributed by atoms with E-state index in [-0.39, 0.29) is 25.0 Å². The van der Waals surface area contributed by atoms with Crippen LogP contribution in [0.15, 0.2) is 0 Å². The maximum Gasteiger partial charge on any atom is 0.317 e. The van der Waals surface area contributed by atoms with Crippen molar-refractivity contribution in [1.82, 2.24) is 15.1 Å². The van der Waals surface area contributed by atoms with Crippen LogP contribution in [-0.2, 0) is 9.59 Å². The van der Waals surface area contributed by atoms with Gasteiger partial charge in [-0.25, -0.2) is 0 Å². The van der Waals surface area contributed by atoms with Crippen LogP contribution in [0.25, 0.3) is 0 Å². The number of carboxylic acid groups (broad SMARTS) is 1. The Morgan fingerprint density at radius 2 is 1.68 bits per heavy atom. The molecule has 0 aromatic heterocycles. The molecule has 0 rings (SSSR count). The van der Waals surface area contributed by atoms with Crippen LogP contribution in [-0.4, -0.2) is 73.1 Å². The Morgan fingerprint density at radius 1 is 1.11 bits per heavy atom. The fraction of sp³-hybridized carbons (Fsp3) is 0.846. The Hall–Kier alpha value is -1.14. The summed E-state index contributed by atoms with van der Waals surface area (Å²) in [6.07, 6.45) is 1.78. The van der Waals surface area contributed by atoms with Crippen molar-refractivity contribution in [2.75, 3.05) is 40.3 Å². The highest BCUT2D eigenvalue weighted by molar-refractivity contribution is 5.79. The van der Waals surface area contributed by atoms with Crippen molar-refractivity contribution in [3.05, 3.63) is 0 Å². The molecule has 6 nitrogen and oxygen atoms in total. The predicted molar refractivity (Wildman–Crippen MR) is 75.1 cm³/mol. The van der Waals surface area contributed by atoms with Gasteiger partial charge >= 0.3 is 5.97 Å². The number of aliphatic carboxylic acids is 1. The van der Waals surface area contributed by atoms with Crippen molar-refractivity contribution in [3.63, 3.8) is 0 Å². The summed E-state index contributed by atoms with van der Waals surface area (Å²) in [7, 11) is 3.84. The van der Waals surface area contributed by atoms with Crippen LogP contribution in [0.4, 0.5) is 0 Å². The first-order valence-electron chi connectivity index (χ1n) is 6.77. The molecule has 0 aliphatic rings. The molecule has 0 atom stereocenters. The third-order valence-electron chi connectivity index (χ3n) is 2.94. The number of carboxylic acids is 1. The van der Waals surface area contributed by atoms with Crippen LogP contribution in [0, 0.1) is 0 Å². The van der Waals surface area contributed by atoms with Crippen molar-refractivity contribution in [2.24, 2.45) is 0 Å². The highest BCUT2D eigenvalue weighted by Gasteiger charge is 2.15. The molecule has 0 unspecified atom stereocenters. The van der Waals surface area contributed by atoms with E-state index in [4.69, 9.17) is 5.11 Å². The molecule has 0 saturated carbocycles. The third-order valence-corrected chi connectivity index (χ3v) is 2.94. The van der Waals surface area contributed by atoms with Crippen LogP contribution >= 0.6 is 0 Å². The average Bonchev–Trinajstić information content (AvgIpc) is 2.32. The normalized spacial score (nSPS) is 11.3. The summed E-state index contributed by atoms with van der Waals surface area (Å²) in [4.78, 5) is 26.3. The van der Waals surface area contributed by atoms with Crippen LogP contribution < -0.4 is 5.32 Å².